The molecule has 6 heteroatoms. The maximum absolute atomic E-state index is 14.1. The summed E-state index contributed by atoms with van der Waals surface area (Å²) in [6.45, 7) is 4.49. The fourth-order valence-corrected chi connectivity index (χ4v) is 2.02. The van der Waals surface area contributed by atoms with Gasteiger partial charge in [-0.05, 0) is 41.5 Å². The van der Waals surface area contributed by atoms with Gasteiger partial charge in [0.1, 0.15) is 5.82 Å². The predicted octanol–water partition coefficient (Wildman–Crippen LogP) is 2.56. The van der Waals surface area contributed by atoms with Gasteiger partial charge in [0.25, 0.3) is 0 Å². The van der Waals surface area contributed by atoms with Crippen LogP contribution in [0.25, 0.3) is 11.4 Å². The number of nitrogens with zero attached hydrogens (tertiary/aromatic N) is 4. The molecule has 0 unspecified atom stereocenters. The molecule has 0 spiro atoms. The Morgan fingerprint density at radius 3 is 2.84 bits per heavy atom. The van der Waals surface area contributed by atoms with Crippen molar-refractivity contribution in [2.24, 2.45) is 0 Å². The zero-order chi connectivity index (χ0) is 13.8. The van der Waals surface area contributed by atoms with E-state index < -0.39 is 0 Å². The van der Waals surface area contributed by atoms with Crippen LogP contribution >= 0.6 is 0 Å². The van der Waals surface area contributed by atoms with E-state index in [9.17, 15) is 4.39 Å². The van der Waals surface area contributed by atoms with Crippen LogP contribution in [0.4, 0.5) is 10.1 Å². The molecule has 19 heavy (non-hydrogen) atoms. The lowest BCUT2D eigenvalue weighted by atomic mass is 10.1. The maximum atomic E-state index is 14.1. The van der Waals surface area contributed by atoms with Crippen molar-refractivity contribution < 1.29 is 4.39 Å². The fourth-order valence-electron chi connectivity index (χ4n) is 2.02. The van der Waals surface area contributed by atoms with Crippen LogP contribution in [0, 0.1) is 12.7 Å². The second kappa shape index (κ2) is 5.77. The third kappa shape index (κ3) is 2.89. The van der Waals surface area contributed by atoms with Crippen molar-refractivity contribution in [3.63, 3.8) is 0 Å². The Balaban J connectivity index is 2.34. The number of tetrazole rings is 1. The lowest BCUT2D eigenvalue weighted by Crippen LogP contribution is -2.05. The Hall–Kier alpha value is -1.98. The van der Waals surface area contributed by atoms with Gasteiger partial charge in [-0.1, -0.05) is 19.8 Å². The second-order valence-electron chi connectivity index (χ2n) is 4.63. The highest BCUT2D eigenvalue weighted by molar-refractivity contribution is 5.63. The van der Waals surface area contributed by atoms with Crippen molar-refractivity contribution in [1.82, 2.24) is 20.2 Å². The topological polar surface area (TPSA) is 69.6 Å². The Labute approximate surface area is 111 Å². The summed E-state index contributed by atoms with van der Waals surface area (Å²) in [5.41, 5.74) is 7.13. The Morgan fingerprint density at radius 1 is 1.32 bits per heavy atom. The van der Waals surface area contributed by atoms with Gasteiger partial charge in [-0.2, -0.15) is 0 Å². The molecule has 1 aromatic heterocycles. The van der Waals surface area contributed by atoms with Crippen molar-refractivity contribution >= 4 is 5.69 Å². The van der Waals surface area contributed by atoms with Crippen molar-refractivity contribution in [2.75, 3.05) is 5.73 Å². The first-order chi connectivity index (χ1) is 9.13. The summed E-state index contributed by atoms with van der Waals surface area (Å²) in [4.78, 5) is 0. The molecule has 0 amide bonds. The molecule has 0 fully saturated rings. The molecule has 1 aromatic carbocycles. The van der Waals surface area contributed by atoms with Crippen molar-refractivity contribution in [2.45, 2.75) is 39.7 Å². The van der Waals surface area contributed by atoms with E-state index in [1.54, 1.807) is 23.7 Å². The molecular formula is C13H18FN5. The molecule has 0 atom stereocenters. The third-order valence-electron chi connectivity index (χ3n) is 3.02. The summed E-state index contributed by atoms with van der Waals surface area (Å²) in [5, 5.41) is 11.5. The zero-order valence-corrected chi connectivity index (χ0v) is 11.2. The van der Waals surface area contributed by atoms with E-state index in [2.05, 4.69) is 22.4 Å². The Bertz CT molecular complexity index is 564. The number of halogens is 1. The fraction of sp³-hybridized carbons (Fsp3) is 0.462. The number of rotatable bonds is 5. The van der Waals surface area contributed by atoms with E-state index in [1.165, 1.54) is 0 Å². The van der Waals surface area contributed by atoms with E-state index in [-0.39, 0.29) is 5.82 Å². The lowest BCUT2D eigenvalue weighted by Gasteiger charge is -2.08. The first kappa shape index (κ1) is 13.5. The highest BCUT2D eigenvalue weighted by Crippen LogP contribution is 2.25. The van der Waals surface area contributed by atoms with Gasteiger partial charge in [0.05, 0.1) is 5.56 Å². The maximum Gasteiger partial charge on any atom is 0.185 e. The molecule has 0 saturated carbocycles. The average Bonchev–Trinajstić information content (AvgIpc) is 2.82. The summed E-state index contributed by atoms with van der Waals surface area (Å²) >= 11 is 0. The van der Waals surface area contributed by atoms with Gasteiger partial charge in [-0.15, -0.1) is 5.10 Å². The monoisotopic (exact) mass is 263 g/mol. The van der Waals surface area contributed by atoms with Crippen LogP contribution in [0.3, 0.4) is 0 Å². The van der Waals surface area contributed by atoms with E-state index in [4.69, 9.17) is 5.73 Å². The number of aryl methyl sites for hydroxylation is 2. The number of anilines is 1. The van der Waals surface area contributed by atoms with Crippen LogP contribution in [-0.4, -0.2) is 20.2 Å². The highest BCUT2D eigenvalue weighted by Gasteiger charge is 2.15. The summed E-state index contributed by atoms with van der Waals surface area (Å²) in [7, 11) is 0. The molecule has 0 radical (unpaired) electrons. The summed E-state index contributed by atoms with van der Waals surface area (Å²) in [5.74, 6) is 0.116. The molecule has 5 nitrogen and oxygen atoms in total. The third-order valence-corrected chi connectivity index (χ3v) is 3.02. The number of hydrogen-bond donors (Lipinski definition) is 1. The Morgan fingerprint density at radius 2 is 2.11 bits per heavy atom. The molecule has 0 aliphatic heterocycles. The number of aromatic nitrogens is 4. The predicted molar refractivity (Wildman–Crippen MR) is 71.9 cm³/mol. The van der Waals surface area contributed by atoms with Gasteiger partial charge in [-0.25, -0.2) is 9.07 Å². The zero-order valence-electron chi connectivity index (χ0n) is 11.2. The van der Waals surface area contributed by atoms with Crippen molar-refractivity contribution in [1.29, 1.82) is 0 Å². The molecule has 0 aliphatic carbocycles. The van der Waals surface area contributed by atoms with E-state index >= 15 is 0 Å². The summed E-state index contributed by atoms with van der Waals surface area (Å²) in [6.07, 6.45) is 3.18. The number of benzene rings is 1. The molecule has 0 aliphatic rings. The van der Waals surface area contributed by atoms with E-state index in [1.807, 2.05) is 0 Å². The van der Waals surface area contributed by atoms with Crippen LogP contribution in [0.2, 0.25) is 0 Å². The molecule has 0 saturated heterocycles. The molecule has 0 bridgehead atoms. The number of unbranched alkanes of at least 4 members (excludes halogenated alkanes) is 2. The van der Waals surface area contributed by atoms with Crippen molar-refractivity contribution in [3.05, 3.63) is 23.5 Å². The van der Waals surface area contributed by atoms with E-state index in [0.29, 0.717) is 29.2 Å². The van der Waals surface area contributed by atoms with Gasteiger partial charge in [0.15, 0.2) is 5.82 Å². The number of nitrogens with two attached hydrogens (primary N) is 1. The lowest BCUT2D eigenvalue weighted by molar-refractivity contribution is 0.539. The van der Waals surface area contributed by atoms with Gasteiger partial charge < -0.3 is 5.73 Å². The Kier molecular flexibility index (Phi) is 4.09. The number of nitrogen functional groups attached to an aromatic ring is 1. The van der Waals surface area contributed by atoms with Crippen LogP contribution in [0.1, 0.15) is 31.7 Å². The molecule has 1 heterocycles. The molecular weight excluding hydrogens is 245 g/mol. The van der Waals surface area contributed by atoms with Crippen LogP contribution in [-0.2, 0) is 6.54 Å². The minimum Gasteiger partial charge on any atom is -0.399 e. The second-order valence-corrected chi connectivity index (χ2v) is 4.63. The minimum atomic E-state index is -0.319. The van der Waals surface area contributed by atoms with Gasteiger partial charge in [0, 0.05) is 12.2 Å². The normalized spacial score (nSPS) is 10.9. The van der Waals surface area contributed by atoms with E-state index in [0.717, 1.165) is 19.3 Å². The first-order valence-corrected chi connectivity index (χ1v) is 6.45. The average molecular weight is 263 g/mol. The largest absolute Gasteiger partial charge is 0.399 e. The van der Waals surface area contributed by atoms with Gasteiger partial charge in [0.2, 0.25) is 0 Å². The molecule has 2 N–H and O–H groups in total. The summed E-state index contributed by atoms with van der Waals surface area (Å²) in [6, 6.07) is 3.18. The van der Waals surface area contributed by atoms with Crippen LogP contribution < -0.4 is 5.73 Å². The first-order valence-electron chi connectivity index (χ1n) is 6.45. The SMILES string of the molecule is CCCCCn1nnnc1-c1cc(N)cc(C)c1F. The molecule has 2 rings (SSSR count). The van der Waals surface area contributed by atoms with Crippen molar-refractivity contribution in [3.8, 4) is 11.4 Å². The minimum absolute atomic E-state index is 0.319. The smallest absolute Gasteiger partial charge is 0.185 e. The quantitative estimate of drug-likeness (QED) is 0.665. The standard InChI is InChI=1S/C13H18FN5/c1-3-4-5-6-19-13(16-17-18-19)11-8-10(15)7-9(2)12(11)14/h7-8H,3-6,15H2,1-2H3. The van der Waals surface area contributed by atoms with Crippen LogP contribution in [0.5, 0.6) is 0 Å². The highest BCUT2D eigenvalue weighted by atomic mass is 19.1. The van der Waals surface area contributed by atoms with Gasteiger partial charge >= 0.3 is 0 Å². The molecule has 102 valence electrons. The number of hydrogen-bond acceptors (Lipinski definition) is 4. The summed E-state index contributed by atoms with van der Waals surface area (Å²) < 4.78 is 15.8. The van der Waals surface area contributed by atoms with Crippen LogP contribution in [0.15, 0.2) is 12.1 Å². The van der Waals surface area contributed by atoms with Gasteiger partial charge in [-0.3, -0.25) is 0 Å². The molecule has 2 aromatic rings.